The van der Waals surface area contributed by atoms with Gasteiger partial charge in [-0.3, -0.25) is 19.3 Å². The average Bonchev–Trinajstić information content (AvgIpc) is 2.89. The Labute approximate surface area is 228 Å². The van der Waals surface area contributed by atoms with Gasteiger partial charge in [-0.15, -0.1) is 0 Å². The number of hydrogen-bond acceptors (Lipinski definition) is 4. The lowest BCUT2D eigenvalue weighted by Gasteiger charge is -2.29. The molecule has 7 heteroatoms. The quantitative estimate of drug-likeness (QED) is 0.366. The lowest BCUT2D eigenvalue weighted by molar-refractivity contribution is -0.132. The van der Waals surface area contributed by atoms with Crippen LogP contribution in [-0.4, -0.2) is 35.7 Å². The van der Waals surface area contributed by atoms with Gasteiger partial charge in [0, 0.05) is 25.1 Å². The molecular formula is C31H46N4O3. The van der Waals surface area contributed by atoms with Gasteiger partial charge in [0.15, 0.2) is 0 Å². The van der Waals surface area contributed by atoms with Crippen LogP contribution in [0.3, 0.4) is 0 Å². The molecule has 0 saturated heterocycles. The fourth-order valence-electron chi connectivity index (χ4n) is 4.98. The van der Waals surface area contributed by atoms with Gasteiger partial charge in [-0.05, 0) is 68.0 Å². The molecule has 1 saturated carbocycles. The number of primary amides is 1. The van der Waals surface area contributed by atoms with Crippen LogP contribution in [0.1, 0.15) is 83.4 Å². The Balaban J connectivity index is 0.000000269. The first kappa shape index (κ1) is 31.0. The van der Waals surface area contributed by atoms with Crippen LogP contribution in [0.2, 0.25) is 0 Å². The van der Waals surface area contributed by atoms with Gasteiger partial charge in [-0.25, -0.2) is 0 Å². The number of hydrogen-bond donors (Lipinski definition) is 3. The average molecular weight is 523 g/mol. The summed E-state index contributed by atoms with van der Waals surface area (Å²) in [6, 6.07) is 16.5. The Morgan fingerprint density at radius 1 is 0.947 bits per heavy atom. The van der Waals surface area contributed by atoms with Gasteiger partial charge >= 0.3 is 0 Å². The highest BCUT2D eigenvalue weighted by Gasteiger charge is 2.30. The van der Waals surface area contributed by atoms with Crippen LogP contribution >= 0.6 is 0 Å². The molecule has 0 heterocycles. The summed E-state index contributed by atoms with van der Waals surface area (Å²) >= 11 is 0. The Kier molecular flexibility index (Phi) is 13.6. The number of nitrogens with zero attached hydrogens (tertiary/aromatic N) is 1. The molecule has 2 aromatic carbocycles. The second-order valence-electron chi connectivity index (χ2n) is 10.3. The highest BCUT2D eigenvalue weighted by Crippen LogP contribution is 2.30. The molecule has 3 rings (SSSR count). The molecule has 0 spiro atoms. The normalized spacial score (nSPS) is 17.6. The Morgan fingerprint density at radius 3 is 2.08 bits per heavy atom. The van der Waals surface area contributed by atoms with Gasteiger partial charge in [0.05, 0.1) is 0 Å². The van der Waals surface area contributed by atoms with Crippen molar-refractivity contribution in [2.75, 3.05) is 18.4 Å². The van der Waals surface area contributed by atoms with Crippen LogP contribution in [0.15, 0.2) is 54.6 Å². The molecule has 0 bridgehead atoms. The molecule has 208 valence electrons. The molecule has 3 atom stereocenters. The monoisotopic (exact) mass is 522 g/mol. The molecular weight excluding hydrogens is 476 g/mol. The molecule has 1 fully saturated rings. The summed E-state index contributed by atoms with van der Waals surface area (Å²) in [4.78, 5) is 37.4. The smallest absolute Gasteiger partial charge is 0.244 e. The molecule has 1 unspecified atom stereocenters. The zero-order chi connectivity index (χ0) is 27.9. The summed E-state index contributed by atoms with van der Waals surface area (Å²) in [5.74, 6) is -0.235. The number of amides is 3. The minimum absolute atomic E-state index is 0.00527. The van der Waals surface area contributed by atoms with Crippen molar-refractivity contribution in [1.29, 1.82) is 0 Å². The zero-order valence-corrected chi connectivity index (χ0v) is 23.5. The maximum absolute atomic E-state index is 12.4. The highest BCUT2D eigenvalue weighted by atomic mass is 16.2. The van der Waals surface area contributed by atoms with E-state index < -0.39 is 11.9 Å². The van der Waals surface area contributed by atoms with Crippen molar-refractivity contribution < 1.29 is 14.4 Å². The van der Waals surface area contributed by atoms with Gasteiger partial charge in [-0.1, -0.05) is 76.1 Å². The number of rotatable bonds is 11. The predicted molar refractivity (Wildman–Crippen MR) is 154 cm³/mol. The second kappa shape index (κ2) is 16.6. The van der Waals surface area contributed by atoms with E-state index >= 15 is 0 Å². The van der Waals surface area contributed by atoms with Crippen LogP contribution in [0.4, 0.5) is 5.69 Å². The number of benzene rings is 2. The summed E-state index contributed by atoms with van der Waals surface area (Å²) in [6.45, 7) is 11.3. The van der Waals surface area contributed by atoms with Gasteiger partial charge in [0.25, 0.3) is 0 Å². The van der Waals surface area contributed by atoms with Crippen molar-refractivity contribution in [3.05, 3.63) is 65.7 Å². The molecule has 0 aliphatic heterocycles. The Morgan fingerprint density at radius 2 is 1.55 bits per heavy atom. The van der Waals surface area contributed by atoms with Crippen LogP contribution < -0.4 is 16.4 Å². The fraction of sp³-hybridized carbons (Fsp3) is 0.516. The van der Waals surface area contributed by atoms with E-state index in [0.717, 1.165) is 50.1 Å². The van der Waals surface area contributed by atoms with Crippen molar-refractivity contribution in [3.63, 3.8) is 0 Å². The van der Waals surface area contributed by atoms with Gasteiger partial charge < -0.3 is 16.4 Å². The first-order valence-electron chi connectivity index (χ1n) is 14.0. The maximum Gasteiger partial charge on any atom is 0.244 e. The third-order valence-electron chi connectivity index (χ3n) is 6.91. The van der Waals surface area contributed by atoms with E-state index in [2.05, 4.69) is 48.4 Å². The highest BCUT2D eigenvalue weighted by molar-refractivity contribution is 5.89. The standard InChI is InChI=1S/C16H22N2O2.C15H24N2O/c1-11-7-5-6-10-13(11)16(20)18-14(15(17)19)12-8-3-2-4-9-12;1-4-10-17(11-5-2)12-14-6-8-15(9-7-14)16-13(3)18/h2-4,8-9,11,13-14H,5-7,10H2,1H3,(H2,17,19)(H,18,20);6-9H,4-5,10-12H2,1-3H3,(H,16,18)/t11-,13-,14?;/m1./s1. The fourth-order valence-corrected chi connectivity index (χ4v) is 4.98. The second-order valence-corrected chi connectivity index (χ2v) is 10.3. The lowest BCUT2D eigenvalue weighted by Crippen LogP contribution is -2.42. The van der Waals surface area contributed by atoms with Crippen LogP contribution in [0, 0.1) is 11.8 Å². The number of carbonyl (C=O) groups is 3. The molecule has 2 aromatic rings. The van der Waals surface area contributed by atoms with Gasteiger partial charge in [0.2, 0.25) is 17.7 Å². The molecule has 1 aliphatic rings. The first-order valence-corrected chi connectivity index (χ1v) is 14.0. The Bertz CT molecular complexity index is 988. The molecule has 38 heavy (non-hydrogen) atoms. The van der Waals surface area contributed by atoms with E-state index in [-0.39, 0.29) is 17.7 Å². The van der Waals surface area contributed by atoms with Crippen LogP contribution in [0.5, 0.6) is 0 Å². The van der Waals surface area contributed by atoms with Crippen molar-refractivity contribution in [3.8, 4) is 0 Å². The largest absolute Gasteiger partial charge is 0.368 e. The van der Waals surface area contributed by atoms with Crippen LogP contribution in [0.25, 0.3) is 0 Å². The minimum atomic E-state index is -0.738. The van der Waals surface area contributed by atoms with Crippen molar-refractivity contribution >= 4 is 23.4 Å². The van der Waals surface area contributed by atoms with E-state index in [1.165, 1.54) is 31.7 Å². The number of nitrogens with two attached hydrogens (primary N) is 1. The van der Waals surface area contributed by atoms with Crippen molar-refractivity contribution in [2.45, 2.75) is 78.8 Å². The lowest BCUT2D eigenvalue weighted by atomic mass is 9.80. The molecule has 4 N–H and O–H groups in total. The van der Waals surface area contributed by atoms with Gasteiger partial charge in [-0.2, -0.15) is 0 Å². The topological polar surface area (TPSA) is 105 Å². The van der Waals surface area contributed by atoms with E-state index in [9.17, 15) is 14.4 Å². The summed E-state index contributed by atoms with van der Waals surface area (Å²) < 4.78 is 0. The minimum Gasteiger partial charge on any atom is -0.368 e. The van der Waals surface area contributed by atoms with Crippen molar-refractivity contribution in [2.24, 2.45) is 17.6 Å². The van der Waals surface area contributed by atoms with Crippen molar-refractivity contribution in [1.82, 2.24) is 10.2 Å². The summed E-state index contributed by atoms with van der Waals surface area (Å²) in [6.07, 6.45) is 6.60. The molecule has 3 amide bonds. The molecule has 0 aromatic heterocycles. The number of nitrogens with one attached hydrogen (secondary N) is 2. The van der Waals surface area contributed by atoms with Crippen LogP contribution in [-0.2, 0) is 20.9 Å². The maximum atomic E-state index is 12.4. The first-order chi connectivity index (χ1) is 18.2. The third kappa shape index (κ3) is 10.7. The predicted octanol–water partition coefficient (Wildman–Crippen LogP) is 5.42. The SMILES string of the molecule is CCCN(CCC)Cc1ccc(NC(C)=O)cc1.C[C@@H]1CCCC[C@H]1C(=O)NC(C(N)=O)c1ccccc1. The van der Waals surface area contributed by atoms with E-state index in [1.807, 2.05) is 30.3 Å². The molecule has 1 aliphatic carbocycles. The van der Waals surface area contributed by atoms with Gasteiger partial charge in [0.1, 0.15) is 6.04 Å². The molecule has 0 radical (unpaired) electrons. The summed E-state index contributed by atoms with van der Waals surface area (Å²) in [5.41, 5.74) is 8.32. The van der Waals surface area contributed by atoms with E-state index in [4.69, 9.17) is 5.73 Å². The van der Waals surface area contributed by atoms with E-state index in [1.54, 1.807) is 12.1 Å². The summed E-state index contributed by atoms with van der Waals surface area (Å²) in [5, 5.41) is 5.60. The molecule has 7 nitrogen and oxygen atoms in total. The Hall–Kier alpha value is -3.19. The number of carbonyl (C=O) groups excluding carboxylic acids is 3. The third-order valence-corrected chi connectivity index (χ3v) is 6.91. The van der Waals surface area contributed by atoms with E-state index in [0.29, 0.717) is 5.92 Å². The number of anilines is 1. The summed E-state index contributed by atoms with van der Waals surface area (Å²) in [7, 11) is 0. The zero-order valence-electron chi connectivity index (χ0n) is 23.5.